The molecule has 0 aliphatic carbocycles. The van der Waals surface area contributed by atoms with Crippen LogP contribution in [0.4, 0.5) is 5.69 Å². The fraction of sp³-hybridized carbons (Fsp3) is 0.0476. The Balaban J connectivity index is 1.28. The first-order chi connectivity index (χ1) is 14.7. The molecule has 0 saturated carbocycles. The summed E-state index contributed by atoms with van der Waals surface area (Å²) >= 11 is 7.12. The zero-order chi connectivity index (χ0) is 20.8. The molecule has 0 bridgehead atoms. The van der Waals surface area contributed by atoms with E-state index in [-0.39, 0.29) is 11.7 Å². The van der Waals surface area contributed by atoms with Crippen LogP contribution in [0, 0.1) is 0 Å². The molecule has 2 N–H and O–H groups in total. The minimum absolute atomic E-state index is 0.154. The Morgan fingerprint density at radius 1 is 1.07 bits per heavy atom. The van der Waals surface area contributed by atoms with Crippen molar-refractivity contribution in [1.29, 1.82) is 0 Å². The fourth-order valence-electron chi connectivity index (χ4n) is 2.52. The van der Waals surface area contributed by atoms with Crippen LogP contribution in [0.5, 0.6) is 11.5 Å². The van der Waals surface area contributed by atoms with E-state index in [0.29, 0.717) is 33.2 Å². The van der Waals surface area contributed by atoms with E-state index in [1.807, 2.05) is 12.1 Å². The van der Waals surface area contributed by atoms with Gasteiger partial charge in [-0.25, -0.2) is 4.98 Å². The Labute approximate surface area is 181 Å². The van der Waals surface area contributed by atoms with E-state index in [0.717, 1.165) is 5.56 Å². The van der Waals surface area contributed by atoms with Gasteiger partial charge in [-0.1, -0.05) is 23.4 Å². The number of nitrogens with zero attached hydrogens (tertiary/aromatic N) is 3. The Morgan fingerprint density at radius 2 is 1.80 bits per heavy atom. The summed E-state index contributed by atoms with van der Waals surface area (Å²) in [5.74, 6) is 1.99. The van der Waals surface area contributed by atoms with Crippen molar-refractivity contribution in [3.63, 3.8) is 0 Å². The molecule has 4 rings (SSSR count). The molecular weight excluding hydrogens is 422 g/mol. The molecule has 0 aliphatic rings. The number of nitrogens with one attached hydrogen (secondary N) is 2. The molecule has 0 atom stereocenters. The summed E-state index contributed by atoms with van der Waals surface area (Å²) in [7, 11) is 0. The summed E-state index contributed by atoms with van der Waals surface area (Å²) in [6, 6.07) is 17.9. The molecule has 1 amide bonds. The second-order valence-corrected chi connectivity index (χ2v) is 7.50. The standard InChI is InChI=1S/C21H16ClN5O2S/c22-15-3-7-17(8-4-15)29-18-9-5-16(6-10-18)24-19(28)13-30-21-25-20(26-27-21)14-2-1-11-23-12-14/h1-12H,13H2,(H,24,28)(H,25,26,27). The summed E-state index contributed by atoms with van der Waals surface area (Å²) < 4.78 is 5.74. The van der Waals surface area contributed by atoms with Gasteiger partial charge >= 0.3 is 0 Å². The Hall–Kier alpha value is -3.36. The average molecular weight is 438 g/mol. The number of thioether (sulfide) groups is 1. The molecule has 9 heteroatoms. The Kier molecular flexibility index (Phi) is 6.26. The number of hydrogen-bond acceptors (Lipinski definition) is 6. The van der Waals surface area contributed by atoms with Crippen LogP contribution < -0.4 is 10.1 Å². The zero-order valence-electron chi connectivity index (χ0n) is 15.6. The monoisotopic (exact) mass is 437 g/mol. The number of anilines is 1. The number of rotatable bonds is 7. The van der Waals surface area contributed by atoms with Gasteiger partial charge in [-0.15, -0.1) is 5.10 Å². The highest BCUT2D eigenvalue weighted by molar-refractivity contribution is 7.99. The third-order valence-corrected chi connectivity index (χ3v) is 5.02. The van der Waals surface area contributed by atoms with Gasteiger partial charge in [-0.3, -0.25) is 14.9 Å². The molecule has 0 spiro atoms. The molecule has 2 heterocycles. The van der Waals surface area contributed by atoms with Gasteiger partial charge in [-0.05, 0) is 60.7 Å². The zero-order valence-corrected chi connectivity index (χ0v) is 17.2. The average Bonchev–Trinajstić information content (AvgIpc) is 3.25. The predicted molar refractivity (Wildman–Crippen MR) is 117 cm³/mol. The molecule has 0 unspecified atom stereocenters. The van der Waals surface area contributed by atoms with Crippen LogP contribution in [0.1, 0.15) is 0 Å². The number of H-pyrrole nitrogens is 1. The van der Waals surface area contributed by atoms with Crippen molar-refractivity contribution in [1.82, 2.24) is 20.2 Å². The van der Waals surface area contributed by atoms with Gasteiger partial charge in [0.25, 0.3) is 0 Å². The van der Waals surface area contributed by atoms with Crippen LogP contribution in [0.2, 0.25) is 5.02 Å². The van der Waals surface area contributed by atoms with Crippen molar-refractivity contribution in [2.75, 3.05) is 11.1 Å². The maximum atomic E-state index is 12.2. The van der Waals surface area contributed by atoms with Crippen molar-refractivity contribution in [3.8, 4) is 22.9 Å². The SMILES string of the molecule is O=C(CSc1n[nH]c(-c2cccnc2)n1)Nc1ccc(Oc2ccc(Cl)cc2)cc1. The van der Waals surface area contributed by atoms with Crippen LogP contribution in [-0.2, 0) is 4.79 Å². The number of pyridine rings is 1. The maximum absolute atomic E-state index is 12.2. The van der Waals surface area contributed by atoms with Gasteiger partial charge < -0.3 is 10.1 Å². The van der Waals surface area contributed by atoms with Crippen molar-refractivity contribution >= 4 is 35.0 Å². The Morgan fingerprint density at radius 3 is 2.50 bits per heavy atom. The van der Waals surface area contributed by atoms with Crippen LogP contribution in [-0.4, -0.2) is 31.8 Å². The molecule has 30 heavy (non-hydrogen) atoms. The van der Waals surface area contributed by atoms with Gasteiger partial charge in [0.05, 0.1) is 5.75 Å². The lowest BCUT2D eigenvalue weighted by molar-refractivity contribution is -0.113. The number of ether oxygens (including phenoxy) is 1. The van der Waals surface area contributed by atoms with E-state index < -0.39 is 0 Å². The lowest BCUT2D eigenvalue weighted by Crippen LogP contribution is -2.14. The summed E-state index contributed by atoms with van der Waals surface area (Å²) in [4.78, 5) is 20.6. The van der Waals surface area contributed by atoms with Crippen molar-refractivity contribution in [3.05, 3.63) is 78.1 Å². The molecule has 2 aromatic carbocycles. The number of carbonyl (C=O) groups excluding carboxylic acids is 1. The fourth-order valence-corrected chi connectivity index (χ4v) is 3.24. The summed E-state index contributed by atoms with van der Waals surface area (Å²) in [5.41, 5.74) is 1.51. The number of amides is 1. The van der Waals surface area contributed by atoms with Crippen LogP contribution >= 0.6 is 23.4 Å². The van der Waals surface area contributed by atoms with Crippen LogP contribution in [0.3, 0.4) is 0 Å². The summed E-state index contributed by atoms with van der Waals surface area (Å²) in [5, 5.41) is 11.0. The molecule has 7 nitrogen and oxygen atoms in total. The Bertz CT molecular complexity index is 1120. The maximum Gasteiger partial charge on any atom is 0.234 e. The third kappa shape index (κ3) is 5.37. The highest BCUT2D eigenvalue weighted by atomic mass is 35.5. The lowest BCUT2D eigenvalue weighted by atomic mass is 10.3. The first-order valence-corrected chi connectivity index (χ1v) is 10.3. The second-order valence-electron chi connectivity index (χ2n) is 6.13. The van der Waals surface area contributed by atoms with E-state index in [9.17, 15) is 4.79 Å². The van der Waals surface area contributed by atoms with Gasteiger partial charge in [0.2, 0.25) is 11.1 Å². The van der Waals surface area contributed by atoms with Gasteiger partial charge in [0.1, 0.15) is 11.5 Å². The first-order valence-electron chi connectivity index (χ1n) is 8.95. The normalized spacial score (nSPS) is 10.6. The molecule has 4 aromatic rings. The second kappa shape index (κ2) is 9.43. The number of carbonyl (C=O) groups is 1. The van der Waals surface area contributed by atoms with E-state index >= 15 is 0 Å². The van der Waals surface area contributed by atoms with Crippen molar-refractivity contribution in [2.24, 2.45) is 0 Å². The number of halogens is 1. The molecule has 2 aromatic heterocycles. The van der Waals surface area contributed by atoms with Gasteiger partial charge in [-0.2, -0.15) is 0 Å². The summed E-state index contributed by atoms with van der Waals surface area (Å²) in [6.07, 6.45) is 3.39. The third-order valence-electron chi connectivity index (χ3n) is 3.92. The van der Waals surface area contributed by atoms with E-state index in [4.69, 9.17) is 16.3 Å². The van der Waals surface area contributed by atoms with Crippen molar-refractivity contribution in [2.45, 2.75) is 5.16 Å². The van der Waals surface area contributed by atoms with Crippen LogP contribution in [0.15, 0.2) is 78.2 Å². The molecule has 0 aliphatic heterocycles. The number of aromatic amines is 1. The van der Waals surface area contributed by atoms with Gasteiger partial charge in [0, 0.05) is 28.7 Å². The minimum atomic E-state index is -0.154. The van der Waals surface area contributed by atoms with E-state index in [2.05, 4.69) is 25.5 Å². The molecule has 0 fully saturated rings. The van der Waals surface area contributed by atoms with Gasteiger partial charge in [0.15, 0.2) is 5.82 Å². The number of hydrogen-bond donors (Lipinski definition) is 2. The predicted octanol–water partition coefficient (Wildman–Crippen LogP) is 5.04. The molecule has 0 radical (unpaired) electrons. The number of aromatic nitrogens is 4. The molecular formula is C21H16ClN5O2S. The molecule has 150 valence electrons. The van der Waals surface area contributed by atoms with Crippen LogP contribution in [0.25, 0.3) is 11.4 Å². The highest BCUT2D eigenvalue weighted by Gasteiger charge is 2.09. The lowest BCUT2D eigenvalue weighted by Gasteiger charge is -2.08. The molecule has 0 saturated heterocycles. The summed E-state index contributed by atoms with van der Waals surface area (Å²) in [6.45, 7) is 0. The van der Waals surface area contributed by atoms with Crippen molar-refractivity contribution < 1.29 is 9.53 Å². The highest BCUT2D eigenvalue weighted by Crippen LogP contribution is 2.24. The number of benzene rings is 2. The van der Waals surface area contributed by atoms with E-state index in [1.54, 1.807) is 60.9 Å². The topological polar surface area (TPSA) is 92.8 Å². The smallest absolute Gasteiger partial charge is 0.234 e. The first kappa shape index (κ1) is 19.9. The largest absolute Gasteiger partial charge is 0.457 e. The minimum Gasteiger partial charge on any atom is -0.457 e. The van der Waals surface area contributed by atoms with E-state index in [1.165, 1.54) is 11.8 Å². The quantitative estimate of drug-likeness (QED) is 0.393.